The molecule has 0 saturated carbocycles. The van der Waals surface area contributed by atoms with Crippen LogP contribution in [0.5, 0.6) is 0 Å². The van der Waals surface area contributed by atoms with E-state index in [1.54, 1.807) is 0 Å². The summed E-state index contributed by atoms with van der Waals surface area (Å²) in [5, 5.41) is 2.87. The van der Waals surface area contributed by atoms with Gasteiger partial charge in [0.25, 0.3) is 11.3 Å². The number of nitrogens with zero attached hydrogens (tertiary/aromatic N) is 4. The van der Waals surface area contributed by atoms with E-state index in [0.717, 1.165) is 25.9 Å². The van der Waals surface area contributed by atoms with Crippen LogP contribution in [0.25, 0.3) is 5.78 Å². The van der Waals surface area contributed by atoms with E-state index in [1.165, 1.54) is 17.8 Å². The summed E-state index contributed by atoms with van der Waals surface area (Å²) < 4.78 is 5.70. The van der Waals surface area contributed by atoms with Crippen molar-refractivity contribution in [3.63, 3.8) is 0 Å². The lowest BCUT2D eigenvalue weighted by atomic mass is 10.3. The number of hydrogen-bond donors (Lipinski definition) is 1. The van der Waals surface area contributed by atoms with Crippen LogP contribution in [0.3, 0.4) is 0 Å². The molecule has 1 aliphatic rings. The third-order valence-electron chi connectivity index (χ3n) is 3.17. The molecule has 2 aromatic heterocycles. The van der Waals surface area contributed by atoms with Crippen molar-refractivity contribution in [3.8, 4) is 0 Å². The molecule has 2 aromatic rings. The predicted molar refractivity (Wildman–Crippen MR) is 66.4 cm³/mol. The molecule has 1 N–H and O–H groups in total. The molecule has 0 unspecified atom stereocenters. The third kappa shape index (κ3) is 1.85. The molecule has 0 atom stereocenters. The third-order valence-corrected chi connectivity index (χ3v) is 3.17. The van der Waals surface area contributed by atoms with Crippen LogP contribution < -0.4 is 10.5 Å². The van der Waals surface area contributed by atoms with Gasteiger partial charge in [-0.05, 0) is 12.8 Å². The molecule has 0 spiro atoms. The highest BCUT2D eigenvalue weighted by atomic mass is 16.5. The van der Waals surface area contributed by atoms with E-state index >= 15 is 0 Å². The number of hydrogen-bond acceptors (Lipinski definition) is 6. The number of fused-ring (bicyclic) bond motifs is 1. The Morgan fingerprint density at radius 2 is 2.16 bits per heavy atom. The normalized spacial score (nSPS) is 15.1. The first kappa shape index (κ1) is 11.7. The fourth-order valence-corrected chi connectivity index (χ4v) is 2.17. The molecule has 0 radical (unpaired) electrons. The lowest BCUT2D eigenvalue weighted by Gasteiger charge is -2.11. The van der Waals surface area contributed by atoms with Gasteiger partial charge in [0, 0.05) is 13.1 Å². The Balaban J connectivity index is 2.10. The fourth-order valence-electron chi connectivity index (χ4n) is 2.17. The summed E-state index contributed by atoms with van der Waals surface area (Å²) in [5.41, 5.74) is -0.619. The summed E-state index contributed by atoms with van der Waals surface area (Å²) in [6.45, 7) is 1.80. The van der Waals surface area contributed by atoms with Gasteiger partial charge in [-0.15, -0.1) is 0 Å². The van der Waals surface area contributed by atoms with Crippen LogP contribution in [-0.2, 0) is 4.74 Å². The largest absolute Gasteiger partial charge is 0.465 e. The molecule has 0 amide bonds. The minimum Gasteiger partial charge on any atom is -0.465 e. The van der Waals surface area contributed by atoms with Crippen LogP contribution in [0.1, 0.15) is 23.2 Å². The molecular formula is C11H13N5O3. The number of aromatic amines is 1. The molecule has 3 rings (SSSR count). The molecular weight excluding hydrogens is 250 g/mol. The van der Waals surface area contributed by atoms with Crippen LogP contribution in [-0.4, -0.2) is 45.8 Å². The second kappa shape index (κ2) is 4.38. The Morgan fingerprint density at radius 3 is 2.84 bits per heavy atom. The van der Waals surface area contributed by atoms with Crippen LogP contribution >= 0.6 is 0 Å². The molecule has 8 heteroatoms. The van der Waals surface area contributed by atoms with E-state index in [2.05, 4.69) is 19.8 Å². The van der Waals surface area contributed by atoms with E-state index < -0.39 is 11.5 Å². The van der Waals surface area contributed by atoms with Crippen molar-refractivity contribution in [2.45, 2.75) is 12.8 Å². The zero-order valence-corrected chi connectivity index (χ0v) is 10.4. The number of rotatable bonds is 2. The quantitative estimate of drug-likeness (QED) is 0.754. The average Bonchev–Trinajstić information content (AvgIpc) is 3.07. The van der Waals surface area contributed by atoms with Gasteiger partial charge in [0.15, 0.2) is 0 Å². The number of esters is 1. The van der Waals surface area contributed by atoms with Gasteiger partial charge in [0.05, 0.1) is 13.3 Å². The first-order valence-corrected chi connectivity index (χ1v) is 6.02. The van der Waals surface area contributed by atoms with Crippen LogP contribution in [0.2, 0.25) is 0 Å². The number of H-pyrrole nitrogens is 1. The smallest absolute Gasteiger partial charge is 0.345 e. The molecule has 8 nitrogen and oxygen atoms in total. The minimum absolute atomic E-state index is 0.114. The summed E-state index contributed by atoms with van der Waals surface area (Å²) in [7, 11) is 1.22. The molecule has 0 aliphatic carbocycles. The lowest BCUT2D eigenvalue weighted by molar-refractivity contribution is 0.0598. The van der Waals surface area contributed by atoms with Gasteiger partial charge < -0.3 is 9.64 Å². The van der Waals surface area contributed by atoms with Crippen molar-refractivity contribution in [1.29, 1.82) is 0 Å². The second-order valence-corrected chi connectivity index (χ2v) is 4.35. The monoisotopic (exact) mass is 263 g/mol. The van der Waals surface area contributed by atoms with E-state index in [4.69, 9.17) is 0 Å². The lowest BCUT2D eigenvalue weighted by Crippen LogP contribution is -2.24. The maximum atomic E-state index is 12.1. The van der Waals surface area contributed by atoms with Crippen molar-refractivity contribution in [2.24, 2.45) is 0 Å². The summed E-state index contributed by atoms with van der Waals surface area (Å²) in [5.74, 6) is 0.146. The van der Waals surface area contributed by atoms with E-state index in [1.807, 2.05) is 4.90 Å². The Bertz CT molecular complexity index is 683. The van der Waals surface area contributed by atoms with Gasteiger partial charge in [-0.1, -0.05) is 0 Å². The molecule has 1 saturated heterocycles. The van der Waals surface area contributed by atoms with E-state index in [0.29, 0.717) is 5.95 Å². The number of nitrogens with one attached hydrogen (secondary N) is 1. The van der Waals surface area contributed by atoms with Crippen molar-refractivity contribution < 1.29 is 9.53 Å². The highest BCUT2D eigenvalue weighted by Gasteiger charge is 2.19. The molecule has 19 heavy (non-hydrogen) atoms. The summed E-state index contributed by atoms with van der Waals surface area (Å²) in [6.07, 6.45) is 3.40. The number of methoxy groups -OCH3 is 1. The summed E-state index contributed by atoms with van der Waals surface area (Å²) >= 11 is 0. The molecule has 1 aliphatic heterocycles. The first-order valence-electron chi connectivity index (χ1n) is 6.02. The van der Waals surface area contributed by atoms with Gasteiger partial charge >= 0.3 is 5.97 Å². The Hall–Kier alpha value is -2.38. The number of aromatic nitrogens is 4. The summed E-state index contributed by atoms with van der Waals surface area (Å²) in [6, 6.07) is 0. The zero-order valence-electron chi connectivity index (χ0n) is 10.4. The van der Waals surface area contributed by atoms with Gasteiger partial charge in [0.2, 0.25) is 5.95 Å². The highest BCUT2D eigenvalue weighted by molar-refractivity contribution is 5.88. The molecule has 100 valence electrons. The maximum Gasteiger partial charge on any atom is 0.345 e. The van der Waals surface area contributed by atoms with Gasteiger partial charge in [-0.2, -0.15) is 9.50 Å². The second-order valence-electron chi connectivity index (χ2n) is 4.35. The first-order chi connectivity index (χ1) is 9.20. The van der Waals surface area contributed by atoms with E-state index in [9.17, 15) is 9.59 Å². The number of ether oxygens (including phenoxy) is 1. The molecule has 0 aromatic carbocycles. The maximum absolute atomic E-state index is 12.1. The van der Waals surface area contributed by atoms with Crippen LogP contribution in [0.4, 0.5) is 5.95 Å². The van der Waals surface area contributed by atoms with Crippen molar-refractivity contribution in [2.75, 3.05) is 25.1 Å². The zero-order chi connectivity index (χ0) is 13.4. The summed E-state index contributed by atoms with van der Waals surface area (Å²) in [4.78, 5) is 33.8. The number of carbonyl (C=O) groups excluding carboxylic acids is 1. The topological polar surface area (TPSA) is 92.6 Å². The molecule has 1 fully saturated rings. The predicted octanol–water partition coefficient (Wildman–Crippen LogP) is -0.196. The van der Waals surface area contributed by atoms with Gasteiger partial charge in [-0.3, -0.25) is 9.89 Å². The van der Waals surface area contributed by atoms with Gasteiger partial charge in [0.1, 0.15) is 5.56 Å². The van der Waals surface area contributed by atoms with Crippen LogP contribution in [0, 0.1) is 0 Å². The Morgan fingerprint density at radius 1 is 1.42 bits per heavy atom. The van der Waals surface area contributed by atoms with E-state index in [-0.39, 0.29) is 11.3 Å². The average molecular weight is 263 g/mol. The minimum atomic E-state index is -0.704. The number of anilines is 1. The standard InChI is InChI=1S/C11H13N5O3/c1-19-9(18)7-6-12-10-13-11(14-16(10)8(7)17)15-4-2-3-5-15/h6H,2-5H2,1H3,(H,12,13,14). The van der Waals surface area contributed by atoms with Crippen molar-refractivity contribution >= 4 is 17.7 Å². The Kier molecular flexibility index (Phi) is 2.69. The van der Waals surface area contributed by atoms with Crippen molar-refractivity contribution in [1.82, 2.24) is 19.6 Å². The van der Waals surface area contributed by atoms with Crippen molar-refractivity contribution in [3.05, 3.63) is 22.1 Å². The fraction of sp³-hybridized carbons (Fsp3) is 0.455. The van der Waals surface area contributed by atoms with Crippen LogP contribution in [0.15, 0.2) is 11.0 Å². The molecule has 3 heterocycles. The molecule has 0 bridgehead atoms. The Labute approximate surface area is 108 Å². The SMILES string of the molecule is COC(=O)c1cnc2nc(N3CCCC3)[nH]n2c1=O. The highest BCUT2D eigenvalue weighted by Crippen LogP contribution is 2.15. The number of carbonyl (C=O) groups is 1. The van der Waals surface area contributed by atoms with Gasteiger partial charge in [-0.25, -0.2) is 9.78 Å².